The summed E-state index contributed by atoms with van der Waals surface area (Å²) in [5, 5.41) is 0. The maximum atomic E-state index is 2.33. The highest BCUT2D eigenvalue weighted by molar-refractivity contribution is 4.49. The van der Waals surface area contributed by atoms with E-state index in [0.29, 0.717) is 0 Å². The second-order valence-electron chi connectivity index (χ2n) is 5.65. The highest BCUT2D eigenvalue weighted by Crippen LogP contribution is 2.16. The number of hydrogen-bond acceptors (Lipinski definition) is 1. The number of hydrogen-bond donors (Lipinski definition) is 1. The first kappa shape index (κ1) is 37.7. The highest BCUT2D eigenvalue weighted by atomic mass is 19.0. The van der Waals surface area contributed by atoms with Gasteiger partial charge in [-0.2, -0.15) is 0 Å². The SMILES string of the molecule is CCCC[N+](CCCC)(CCCC)CCCC.F.F.F.N.[F-]. The van der Waals surface area contributed by atoms with Gasteiger partial charge in [0.2, 0.25) is 0 Å². The average molecular weight is 339 g/mol. The standard InChI is InChI=1S/C16H36N.4FH.H3N/c1-5-9-13-17(14-10-6-2,15-11-7-3)16-12-8-4;;;;;/h5-16H2,1-4H3;4*1H;1H3/q+1;;;;;/p-1. The van der Waals surface area contributed by atoms with Gasteiger partial charge in [0.25, 0.3) is 0 Å². The molecule has 0 aliphatic rings. The van der Waals surface area contributed by atoms with Crippen molar-refractivity contribution in [3.8, 4) is 0 Å². The van der Waals surface area contributed by atoms with Crippen molar-refractivity contribution in [1.82, 2.24) is 6.15 Å². The van der Waals surface area contributed by atoms with E-state index >= 15 is 0 Å². The van der Waals surface area contributed by atoms with Gasteiger partial charge in [-0.1, -0.05) is 53.4 Å². The molecule has 0 aromatic rings. The zero-order valence-corrected chi connectivity index (χ0v) is 15.2. The van der Waals surface area contributed by atoms with Gasteiger partial charge in [-0.3, -0.25) is 14.1 Å². The molecular formula is C16H42F4N2. The predicted molar refractivity (Wildman–Crippen MR) is 91.9 cm³/mol. The van der Waals surface area contributed by atoms with Gasteiger partial charge >= 0.3 is 0 Å². The molecule has 0 atom stereocenters. The van der Waals surface area contributed by atoms with E-state index in [2.05, 4.69) is 27.7 Å². The Bertz CT molecular complexity index is 135. The summed E-state index contributed by atoms with van der Waals surface area (Å²) in [6.45, 7) is 15.0. The summed E-state index contributed by atoms with van der Waals surface area (Å²) in [5.74, 6) is 0. The summed E-state index contributed by atoms with van der Waals surface area (Å²) >= 11 is 0. The molecule has 0 amide bonds. The largest absolute Gasteiger partial charge is 1.00 e. The summed E-state index contributed by atoms with van der Waals surface area (Å²) in [5.41, 5.74) is 0. The molecule has 0 aliphatic carbocycles. The van der Waals surface area contributed by atoms with Gasteiger partial charge in [0.05, 0.1) is 26.2 Å². The van der Waals surface area contributed by atoms with Crippen molar-refractivity contribution in [3.63, 3.8) is 0 Å². The first-order valence-corrected chi connectivity index (χ1v) is 8.09. The van der Waals surface area contributed by atoms with Crippen molar-refractivity contribution >= 4 is 0 Å². The molecule has 0 saturated carbocycles. The Morgan fingerprint density at radius 3 is 0.818 bits per heavy atom. The summed E-state index contributed by atoms with van der Waals surface area (Å²) in [6, 6.07) is 0. The predicted octanol–water partition coefficient (Wildman–Crippen LogP) is 2.63. The Morgan fingerprint density at radius 2 is 0.682 bits per heavy atom. The van der Waals surface area contributed by atoms with E-state index in [1.165, 1.54) is 82.0 Å². The number of nitrogens with zero attached hydrogens (tertiary/aromatic N) is 1. The van der Waals surface area contributed by atoms with E-state index in [1.54, 1.807) is 0 Å². The lowest BCUT2D eigenvalue weighted by atomic mass is 10.1. The Hall–Kier alpha value is -0.360. The van der Waals surface area contributed by atoms with Crippen LogP contribution in [0.1, 0.15) is 79.1 Å². The van der Waals surface area contributed by atoms with Crippen molar-refractivity contribution in [2.45, 2.75) is 79.1 Å². The molecule has 0 fully saturated rings. The van der Waals surface area contributed by atoms with Gasteiger partial charge < -0.3 is 15.3 Å². The third-order valence-corrected chi connectivity index (χ3v) is 3.94. The first-order valence-electron chi connectivity index (χ1n) is 8.09. The fourth-order valence-electron chi connectivity index (χ4n) is 2.64. The lowest BCUT2D eigenvalue weighted by Gasteiger charge is -2.39. The smallest absolute Gasteiger partial charge is 0.0786 e. The Balaban J connectivity index is -0.000000128. The van der Waals surface area contributed by atoms with Crippen LogP contribution in [0.4, 0.5) is 14.1 Å². The van der Waals surface area contributed by atoms with Crippen LogP contribution in [0, 0.1) is 0 Å². The molecule has 0 heterocycles. The van der Waals surface area contributed by atoms with Crippen LogP contribution in [0.15, 0.2) is 0 Å². The highest BCUT2D eigenvalue weighted by Gasteiger charge is 2.24. The molecule has 0 bridgehead atoms. The van der Waals surface area contributed by atoms with E-state index in [9.17, 15) is 0 Å². The molecule has 22 heavy (non-hydrogen) atoms. The Morgan fingerprint density at radius 1 is 0.500 bits per heavy atom. The Kier molecular flexibility index (Phi) is 43.8. The number of halogens is 4. The zero-order chi connectivity index (χ0) is 13.0. The van der Waals surface area contributed by atoms with Crippen LogP contribution in [0.25, 0.3) is 0 Å². The summed E-state index contributed by atoms with van der Waals surface area (Å²) in [4.78, 5) is 0. The van der Waals surface area contributed by atoms with Gasteiger partial charge in [-0.15, -0.1) is 0 Å². The quantitative estimate of drug-likeness (QED) is 0.431. The van der Waals surface area contributed by atoms with Gasteiger partial charge in [0, 0.05) is 0 Å². The zero-order valence-electron chi connectivity index (χ0n) is 15.2. The van der Waals surface area contributed by atoms with Crippen molar-refractivity contribution in [2.75, 3.05) is 26.2 Å². The topological polar surface area (TPSA) is 35.0 Å². The van der Waals surface area contributed by atoms with Crippen LogP contribution >= 0.6 is 0 Å². The number of rotatable bonds is 12. The molecule has 3 N–H and O–H groups in total. The maximum absolute atomic E-state index is 2.33. The molecule has 0 aliphatic heterocycles. The van der Waals surface area contributed by atoms with E-state index < -0.39 is 0 Å². The molecule has 0 rings (SSSR count). The number of unbranched alkanes of at least 4 members (excludes halogenated alkanes) is 4. The monoisotopic (exact) mass is 338 g/mol. The minimum Gasteiger partial charge on any atom is -1.00 e. The molecule has 0 aromatic heterocycles. The second-order valence-corrected chi connectivity index (χ2v) is 5.65. The van der Waals surface area contributed by atoms with Crippen molar-refractivity contribution in [3.05, 3.63) is 0 Å². The van der Waals surface area contributed by atoms with Crippen LogP contribution in [0.2, 0.25) is 0 Å². The van der Waals surface area contributed by atoms with Gasteiger partial charge in [-0.25, -0.2) is 0 Å². The van der Waals surface area contributed by atoms with E-state index in [-0.39, 0.29) is 25.0 Å². The summed E-state index contributed by atoms with van der Waals surface area (Å²) < 4.78 is 1.42. The second kappa shape index (κ2) is 25.6. The van der Waals surface area contributed by atoms with Crippen LogP contribution < -0.4 is 10.9 Å². The van der Waals surface area contributed by atoms with Crippen molar-refractivity contribution in [2.24, 2.45) is 0 Å². The summed E-state index contributed by atoms with van der Waals surface area (Å²) in [7, 11) is 0. The van der Waals surface area contributed by atoms with Crippen LogP contribution in [0.3, 0.4) is 0 Å². The normalized spacial score (nSPS) is 9.27. The third kappa shape index (κ3) is 17.7. The van der Waals surface area contributed by atoms with Gasteiger partial charge in [-0.05, 0) is 25.7 Å². The van der Waals surface area contributed by atoms with E-state index in [1.807, 2.05) is 0 Å². The Labute approximate surface area is 135 Å². The molecule has 0 spiro atoms. The van der Waals surface area contributed by atoms with Crippen LogP contribution in [0.5, 0.6) is 0 Å². The molecular weight excluding hydrogens is 296 g/mol. The van der Waals surface area contributed by atoms with Crippen LogP contribution in [-0.4, -0.2) is 30.7 Å². The molecule has 0 saturated heterocycles. The van der Waals surface area contributed by atoms with Gasteiger partial charge in [0.15, 0.2) is 0 Å². The van der Waals surface area contributed by atoms with E-state index in [4.69, 9.17) is 0 Å². The number of quaternary nitrogens is 1. The van der Waals surface area contributed by atoms with Crippen LogP contribution in [-0.2, 0) is 0 Å². The maximum Gasteiger partial charge on any atom is 0.0786 e. The molecule has 0 unspecified atom stereocenters. The third-order valence-electron chi connectivity index (χ3n) is 3.94. The average Bonchev–Trinajstić information content (AvgIpc) is 2.37. The van der Waals surface area contributed by atoms with Crippen molar-refractivity contribution in [1.29, 1.82) is 0 Å². The molecule has 0 radical (unpaired) electrons. The van der Waals surface area contributed by atoms with Crippen molar-refractivity contribution < 1.29 is 23.3 Å². The molecule has 2 nitrogen and oxygen atoms in total. The minimum atomic E-state index is 0. The fraction of sp³-hybridized carbons (Fsp3) is 1.00. The first-order chi connectivity index (χ1) is 8.24. The lowest BCUT2D eigenvalue weighted by molar-refractivity contribution is -0.929. The lowest BCUT2D eigenvalue weighted by Crippen LogP contribution is -3.00. The minimum absolute atomic E-state index is 0. The van der Waals surface area contributed by atoms with Gasteiger partial charge in [0.1, 0.15) is 0 Å². The molecule has 6 heteroatoms. The summed E-state index contributed by atoms with van der Waals surface area (Å²) in [6.07, 6.45) is 11.1. The molecule has 0 aromatic carbocycles. The molecule has 144 valence electrons. The fourth-order valence-corrected chi connectivity index (χ4v) is 2.64. The van der Waals surface area contributed by atoms with E-state index in [0.717, 1.165) is 0 Å².